The summed E-state index contributed by atoms with van der Waals surface area (Å²) in [6.45, 7) is 0. The molecule has 80 valence electrons. The van der Waals surface area contributed by atoms with Gasteiger partial charge in [0.25, 0.3) is 0 Å². The number of nitrogens with zero attached hydrogens (tertiary/aromatic N) is 1. The number of thiophene rings is 1. The van der Waals surface area contributed by atoms with E-state index in [1.54, 1.807) is 0 Å². The van der Waals surface area contributed by atoms with Crippen LogP contribution in [0.2, 0.25) is 0 Å². The Labute approximate surface area is 95.5 Å². The Bertz CT molecular complexity index is 727. The number of rotatable bonds is 1. The lowest BCUT2D eigenvalue weighted by Crippen LogP contribution is -2.24. The zero-order chi connectivity index (χ0) is 11.1. The number of para-hydroxylation sites is 1. The lowest BCUT2D eigenvalue weighted by molar-refractivity contribution is 0.171. The summed E-state index contributed by atoms with van der Waals surface area (Å²) in [4.78, 5) is 17.2. The van der Waals surface area contributed by atoms with Gasteiger partial charge in [-0.15, -0.1) is 16.1 Å². The first kappa shape index (κ1) is 9.42. The predicted molar refractivity (Wildman–Crippen MR) is 66.1 cm³/mol. The van der Waals surface area contributed by atoms with Gasteiger partial charge in [-0.3, -0.25) is 4.79 Å². The van der Waals surface area contributed by atoms with Crippen molar-refractivity contribution in [1.29, 1.82) is 0 Å². The van der Waals surface area contributed by atoms with Crippen molar-refractivity contribution >= 4 is 32.3 Å². The first-order valence-corrected chi connectivity index (χ1v) is 5.76. The first-order chi connectivity index (χ1) is 7.83. The summed E-state index contributed by atoms with van der Waals surface area (Å²) in [6.07, 6.45) is 0. The van der Waals surface area contributed by atoms with Gasteiger partial charge in [0.05, 0.1) is 5.52 Å². The van der Waals surface area contributed by atoms with Crippen LogP contribution < -0.4 is 10.4 Å². The Kier molecular flexibility index (Phi) is 1.97. The van der Waals surface area contributed by atoms with Crippen LogP contribution in [0.4, 0.5) is 0 Å². The zero-order valence-electron chi connectivity index (χ0n) is 8.64. The molecule has 0 unspecified atom stereocenters. The maximum absolute atomic E-state index is 12.1. The normalized spacial score (nSPS) is 11.1. The Morgan fingerprint density at radius 1 is 1.19 bits per heavy atom. The second kappa shape index (κ2) is 3.35. The van der Waals surface area contributed by atoms with Crippen molar-refractivity contribution in [3.63, 3.8) is 0 Å². The summed E-state index contributed by atoms with van der Waals surface area (Å²) in [5.41, 5.74) is 0.715. The molecule has 1 aromatic carbocycles. The number of pyridine rings is 1. The molecular weight excluding hydrogens is 222 g/mol. The van der Waals surface area contributed by atoms with E-state index in [4.69, 9.17) is 4.84 Å². The van der Waals surface area contributed by atoms with E-state index in [0.29, 0.717) is 0 Å². The van der Waals surface area contributed by atoms with E-state index in [2.05, 4.69) is 0 Å². The van der Waals surface area contributed by atoms with Crippen LogP contribution in [0.15, 0.2) is 40.5 Å². The predicted octanol–water partition coefficient (Wildman–Crippen LogP) is 2.27. The highest BCUT2D eigenvalue weighted by Crippen LogP contribution is 2.25. The van der Waals surface area contributed by atoms with Gasteiger partial charge < -0.3 is 4.84 Å². The number of aromatic nitrogens is 1. The summed E-state index contributed by atoms with van der Waals surface area (Å²) in [6, 6.07) is 9.72. The maximum Gasteiger partial charge on any atom is 0.301 e. The zero-order valence-corrected chi connectivity index (χ0v) is 9.45. The molecule has 3 nitrogen and oxygen atoms in total. The molecule has 0 aliphatic rings. The van der Waals surface area contributed by atoms with Gasteiger partial charge in [0.15, 0.2) is 0 Å². The summed E-state index contributed by atoms with van der Waals surface area (Å²) in [5, 5.41) is 3.97. The van der Waals surface area contributed by atoms with Crippen molar-refractivity contribution in [3.05, 3.63) is 46.1 Å². The molecular formula is C12H9NO2S. The van der Waals surface area contributed by atoms with Crippen LogP contribution in [0, 0.1) is 0 Å². The van der Waals surface area contributed by atoms with Gasteiger partial charge in [-0.05, 0) is 17.5 Å². The smallest absolute Gasteiger partial charge is 0.301 e. The molecule has 2 aromatic heterocycles. The van der Waals surface area contributed by atoms with Crippen molar-refractivity contribution in [3.8, 4) is 0 Å². The van der Waals surface area contributed by atoms with E-state index < -0.39 is 0 Å². The van der Waals surface area contributed by atoms with Gasteiger partial charge in [0.1, 0.15) is 11.8 Å². The number of hydrogen-bond acceptors (Lipinski definition) is 3. The van der Waals surface area contributed by atoms with E-state index >= 15 is 0 Å². The highest BCUT2D eigenvalue weighted by atomic mass is 32.1. The molecule has 0 fully saturated rings. The number of fused-ring (bicyclic) bond motifs is 3. The number of hydrogen-bond donors (Lipinski definition) is 0. The molecule has 16 heavy (non-hydrogen) atoms. The van der Waals surface area contributed by atoms with Crippen molar-refractivity contribution < 1.29 is 4.84 Å². The molecule has 2 heterocycles. The third-order valence-corrected chi connectivity index (χ3v) is 3.54. The molecule has 3 rings (SSSR count). The van der Waals surface area contributed by atoms with E-state index in [-0.39, 0.29) is 5.56 Å². The van der Waals surface area contributed by atoms with E-state index in [1.165, 1.54) is 23.2 Å². The maximum atomic E-state index is 12.1. The largest absolute Gasteiger partial charge is 0.413 e. The summed E-state index contributed by atoms with van der Waals surface area (Å²) in [7, 11) is 1.51. The monoisotopic (exact) mass is 231 g/mol. The Morgan fingerprint density at radius 3 is 2.81 bits per heavy atom. The molecule has 0 radical (unpaired) electrons. The fourth-order valence-corrected chi connectivity index (χ4v) is 2.78. The SMILES string of the molecule is COn1c(=O)c2sccc2c2ccccc21. The van der Waals surface area contributed by atoms with Crippen molar-refractivity contribution in [2.45, 2.75) is 0 Å². The second-order valence-corrected chi connectivity index (χ2v) is 4.38. The van der Waals surface area contributed by atoms with E-state index in [0.717, 1.165) is 21.0 Å². The fourth-order valence-electron chi connectivity index (χ4n) is 1.95. The van der Waals surface area contributed by atoms with Crippen molar-refractivity contribution in [2.75, 3.05) is 7.11 Å². The van der Waals surface area contributed by atoms with Crippen LogP contribution in [0.1, 0.15) is 0 Å². The van der Waals surface area contributed by atoms with Gasteiger partial charge in [-0.25, -0.2) is 0 Å². The van der Waals surface area contributed by atoms with Crippen LogP contribution in [0.5, 0.6) is 0 Å². The Hall–Kier alpha value is -1.81. The molecule has 0 aliphatic carbocycles. The van der Waals surface area contributed by atoms with E-state index in [9.17, 15) is 4.79 Å². The average molecular weight is 231 g/mol. The minimum Gasteiger partial charge on any atom is -0.413 e. The molecule has 0 N–H and O–H groups in total. The first-order valence-electron chi connectivity index (χ1n) is 4.88. The average Bonchev–Trinajstić information content (AvgIpc) is 2.79. The van der Waals surface area contributed by atoms with Crippen LogP contribution >= 0.6 is 11.3 Å². The molecule has 3 aromatic rings. The summed E-state index contributed by atoms with van der Waals surface area (Å²) >= 11 is 1.44. The van der Waals surface area contributed by atoms with Crippen LogP contribution in [0.25, 0.3) is 21.0 Å². The third-order valence-electron chi connectivity index (χ3n) is 2.64. The molecule has 0 atom stereocenters. The van der Waals surface area contributed by atoms with Crippen LogP contribution in [0.3, 0.4) is 0 Å². The van der Waals surface area contributed by atoms with Gasteiger partial charge in [0.2, 0.25) is 0 Å². The molecule has 0 saturated carbocycles. The lowest BCUT2D eigenvalue weighted by atomic mass is 10.1. The number of benzene rings is 1. The second-order valence-electron chi connectivity index (χ2n) is 3.46. The standard InChI is InChI=1S/C12H9NO2S/c1-15-13-10-5-3-2-4-8(10)9-6-7-16-11(9)12(13)14/h2-7H,1H3. The third kappa shape index (κ3) is 1.10. The summed E-state index contributed by atoms with van der Waals surface area (Å²) < 4.78 is 2.08. The Morgan fingerprint density at radius 2 is 2.00 bits per heavy atom. The van der Waals surface area contributed by atoms with Crippen LogP contribution in [-0.4, -0.2) is 11.8 Å². The molecule has 0 spiro atoms. The molecule has 0 saturated heterocycles. The van der Waals surface area contributed by atoms with Gasteiger partial charge in [-0.1, -0.05) is 18.2 Å². The highest BCUT2D eigenvalue weighted by Gasteiger charge is 2.10. The van der Waals surface area contributed by atoms with Crippen molar-refractivity contribution in [2.24, 2.45) is 0 Å². The quantitative estimate of drug-likeness (QED) is 0.643. The van der Waals surface area contributed by atoms with Crippen molar-refractivity contribution in [1.82, 2.24) is 4.73 Å². The minimum atomic E-state index is -0.0915. The van der Waals surface area contributed by atoms with Crippen LogP contribution in [-0.2, 0) is 0 Å². The van der Waals surface area contributed by atoms with Gasteiger partial charge >= 0.3 is 5.56 Å². The Balaban J connectivity index is 2.70. The minimum absolute atomic E-state index is 0.0915. The van der Waals surface area contributed by atoms with E-state index in [1.807, 2.05) is 35.7 Å². The molecule has 4 heteroatoms. The fraction of sp³-hybridized carbons (Fsp3) is 0.0833. The summed E-state index contributed by atoms with van der Waals surface area (Å²) in [5.74, 6) is 0. The molecule has 0 amide bonds. The lowest BCUT2D eigenvalue weighted by Gasteiger charge is -2.08. The van der Waals surface area contributed by atoms with Gasteiger partial charge in [0, 0.05) is 10.8 Å². The highest BCUT2D eigenvalue weighted by molar-refractivity contribution is 7.17. The topological polar surface area (TPSA) is 31.2 Å². The molecule has 0 aliphatic heterocycles. The van der Waals surface area contributed by atoms with Gasteiger partial charge in [-0.2, -0.15) is 0 Å². The molecule has 0 bridgehead atoms.